The first-order chi connectivity index (χ1) is 7.67. The number of hydrogen-bond acceptors (Lipinski definition) is 3. The van der Waals surface area contributed by atoms with E-state index in [1.54, 1.807) is 30.0 Å². The highest BCUT2D eigenvalue weighted by Gasteiger charge is 2.14. The van der Waals surface area contributed by atoms with Crippen LogP contribution in [0.25, 0.3) is 11.0 Å². The molecule has 0 unspecified atom stereocenters. The predicted octanol–water partition coefficient (Wildman–Crippen LogP) is 1.76. The van der Waals surface area contributed by atoms with E-state index in [1.165, 1.54) is 0 Å². The number of carboxylic acids is 1. The van der Waals surface area contributed by atoms with Gasteiger partial charge in [0.2, 0.25) is 0 Å². The summed E-state index contributed by atoms with van der Waals surface area (Å²) in [6, 6.07) is 3.39. The fourth-order valence-electron chi connectivity index (χ4n) is 1.73. The lowest BCUT2D eigenvalue weighted by molar-refractivity contribution is 0.0686. The molecule has 5 nitrogen and oxygen atoms in total. The van der Waals surface area contributed by atoms with Crippen LogP contribution in [0.2, 0.25) is 0 Å². The van der Waals surface area contributed by atoms with E-state index in [9.17, 15) is 4.79 Å². The molecule has 16 heavy (non-hydrogen) atoms. The lowest BCUT2D eigenvalue weighted by atomic mass is 10.3. The van der Waals surface area contributed by atoms with Crippen molar-refractivity contribution in [2.45, 2.75) is 13.5 Å². The minimum absolute atomic E-state index is 0.248. The first-order valence-electron chi connectivity index (χ1n) is 4.94. The Bertz CT molecular complexity index is 545. The molecule has 0 aliphatic heterocycles. The lowest BCUT2D eigenvalue weighted by Gasteiger charge is -2.03. The van der Waals surface area contributed by atoms with Gasteiger partial charge in [0.15, 0.2) is 0 Å². The van der Waals surface area contributed by atoms with Gasteiger partial charge in [-0.1, -0.05) is 0 Å². The second-order valence-electron chi connectivity index (χ2n) is 3.37. The second-order valence-corrected chi connectivity index (χ2v) is 3.37. The standard InChI is InChI=1S/C11H12N2O3/c1-3-13-9(11(14)15)5-7-4-8(16-2)6-12-10(7)13/h4-6H,3H2,1-2H3,(H,14,15). The molecule has 0 atom stereocenters. The number of methoxy groups -OCH3 is 1. The highest BCUT2D eigenvalue weighted by molar-refractivity contribution is 5.93. The highest BCUT2D eigenvalue weighted by atomic mass is 16.5. The molecular weight excluding hydrogens is 208 g/mol. The van der Waals surface area contributed by atoms with Crippen LogP contribution in [-0.4, -0.2) is 27.7 Å². The van der Waals surface area contributed by atoms with Crippen molar-refractivity contribution in [2.75, 3.05) is 7.11 Å². The van der Waals surface area contributed by atoms with Gasteiger partial charge in [-0.15, -0.1) is 0 Å². The van der Waals surface area contributed by atoms with Crippen LogP contribution in [0.1, 0.15) is 17.4 Å². The van der Waals surface area contributed by atoms with E-state index in [1.807, 2.05) is 6.92 Å². The van der Waals surface area contributed by atoms with Gasteiger partial charge in [0.1, 0.15) is 17.1 Å². The fraction of sp³-hybridized carbons (Fsp3) is 0.273. The Morgan fingerprint density at radius 3 is 2.88 bits per heavy atom. The number of nitrogens with zero attached hydrogens (tertiary/aromatic N) is 2. The molecule has 5 heteroatoms. The topological polar surface area (TPSA) is 64.4 Å². The zero-order valence-electron chi connectivity index (χ0n) is 9.10. The Labute approximate surface area is 92.3 Å². The molecule has 0 aromatic carbocycles. The van der Waals surface area contributed by atoms with Crippen LogP contribution in [0.3, 0.4) is 0 Å². The number of ether oxygens (including phenoxy) is 1. The molecule has 84 valence electrons. The van der Waals surface area contributed by atoms with Crippen LogP contribution in [0.5, 0.6) is 5.75 Å². The summed E-state index contributed by atoms with van der Waals surface area (Å²) in [5, 5.41) is 9.82. The predicted molar refractivity (Wildman–Crippen MR) is 58.9 cm³/mol. The summed E-state index contributed by atoms with van der Waals surface area (Å²) in [7, 11) is 1.55. The van der Waals surface area contributed by atoms with Crippen LogP contribution in [0.4, 0.5) is 0 Å². The molecule has 2 aromatic rings. The maximum atomic E-state index is 11.0. The van der Waals surface area contributed by atoms with Gasteiger partial charge in [0.05, 0.1) is 13.3 Å². The van der Waals surface area contributed by atoms with Crippen molar-refractivity contribution in [1.82, 2.24) is 9.55 Å². The van der Waals surface area contributed by atoms with Gasteiger partial charge in [-0.3, -0.25) is 0 Å². The van der Waals surface area contributed by atoms with E-state index in [2.05, 4.69) is 4.98 Å². The van der Waals surface area contributed by atoms with Crippen molar-refractivity contribution < 1.29 is 14.6 Å². The summed E-state index contributed by atoms with van der Waals surface area (Å²) in [4.78, 5) is 15.2. The molecular formula is C11H12N2O3. The van der Waals surface area contributed by atoms with Gasteiger partial charge < -0.3 is 14.4 Å². The van der Waals surface area contributed by atoms with Crippen LogP contribution < -0.4 is 4.74 Å². The van der Waals surface area contributed by atoms with Crippen molar-refractivity contribution in [3.05, 3.63) is 24.0 Å². The molecule has 0 aliphatic carbocycles. The van der Waals surface area contributed by atoms with E-state index in [4.69, 9.17) is 9.84 Å². The minimum atomic E-state index is -0.946. The summed E-state index contributed by atoms with van der Waals surface area (Å²) in [5.41, 5.74) is 0.916. The number of fused-ring (bicyclic) bond motifs is 1. The second kappa shape index (κ2) is 3.84. The first kappa shape index (κ1) is 10.5. The molecule has 0 spiro atoms. The number of aryl methyl sites for hydroxylation is 1. The quantitative estimate of drug-likeness (QED) is 0.856. The highest BCUT2D eigenvalue weighted by Crippen LogP contribution is 2.22. The number of carbonyl (C=O) groups is 1. The average molecular weight is 220 g/mol. The van der Waals surface area contributed by atoms with E-state index < -0.39 is 5.97 Å². The number of carboxylic acid groups (broad SMARTS) is 1. The number of aromatic nitrogens is 2. The normalized spacial score (nSPS) is 10.6. The summed E-state index contributed by atoms with van der Waals surface area (Å²) in [5.74, 6) is -0.323. The Hall–Kier alpha value is -2.04. The minimum Gasteiger partial charge on any atom is -0.495 e. The maximum absolute atomic E-state index is 11.0. The van der Waals surface area contributed by atoms with Crippen molar-refractivity contribution in [3.63, 3.8) is 0 Å². The summed E-state index contributed by atoms with van der Waals surface area (Å²) >= 11 is 0. The van der Waals surface area contributed by atoms with Gasteiger partial charge in [-0.05, 0) is 19.1 Å². The molecule has 0 fully saturated rings. The van der Waals surface area contributed by atoms with E-state index in [0.717, 1.165) is 5.39 Å². The molecule has 2 rings (SSSR count). The van der Waals surface area contributed by atoms with Crippen LogP contribution >= 0.6 is 0 Å². The first-order valence-corrected chi connectivity index (χ1v) is 4.94. The number of rotatable bonds is 3. The summed E-state index contributed by atoms with van der Waals surface area (Å²) in [6.45, 7) is 2.46. The van der Waals surface area contributed by atoms with Crippen LogP contribution in [-0.2, 0) is 6.54 Å². The van der Waals surface area contributed by atoms with Gasteiger partial charge >= 0.3 is 5.97 Å². The third kappa shape index (κ3) is 1.50. The van der Waals surface area contributed by atoms with Crippen LogP contribution in [0, 0.1) is 0 Å². The molecule has 0 saturated carbocycles. The van der Waals surface area contributed by atoms with Crippen LogP contribution in [0.15, 0.2) is 18.3 Å². The van der Waals surface area contributed by atoms with Crippen molar-refractivity contribution in [2.24, 2.45) is 0 Å². The summed E-state index contributed by atoms with van der Waals surface area (Å²) in [6.07, 6.45) is 1.58. The molecule has 1 N–H and O–H groups in total. The van der Waals surface area contributed by atoms with Gasteiger partial charge in [0, 0.05) is 11.9 Å². The molecule has 0 bridgehead atoms. The molecule has 0 amide bonds. The van der Waals surface area contributed by atoms with Crippen molar-refractivity contribution in [1.29, 1.82) is 0 Å². The van der Waals surface area contributed by atoms with Crippen molar-refractivity contribution in [3.8, 4) is 5.75 Å². The van der Waals surface area contributed by atoms with E-state index in [0.29, 0.717) is 17.9 Å². The van der Waals surface area contributed by atoms with Gasteiger partial charge in [-0.2, -0.15) is 0 Å². The molecule has 2 aromatic heterocycles. The SMILES string of the molecule is CCn1c(C(=O)O)cc2cc(OC)cnc21. The Kier molecular flexibility index (Phi) is 2.52. The zero-order chi connectivity index (χ0) is 11.7. The monoisotopic (exact) mass is 220 g/mol. The third-order valence-electron chi connectivity index (χ3n) is 2.48. The smallest absolute Gasteiger partial charge is 0.352 e. The number of hydrogen-bond donors (Lipinski definition) is 1. The Morgan fingerprint density at radius 1 is 1.56 bits per heavy atom. The molecule has 0 saturated heterocycles. The average Bonchev–Trinajstić information content (AvgIpc) is 2.66. The van der Waals surface area contributed by atoms with Gasteiger partial charge in [0.25, 0.3) is 0 Å². The van der Waals surface area contributed by atoms with Gasteiger partial charge in [-0.25, -0.2) is 9.78 Å². The summed E-state index contributed by atoms with van der Waals surface area (Å²) < 4.78 is 6.71. The third-order valence-corrected chi connectivity index (χ3v) is 2.48. The zero-order valence-corrected chi connectivity index (χ0v) is 9.10. The van der Waals surface area contributed by atoms with E-state index >= 15 is 0 Å². The fourth-order valence-corrected chi connectivity index (χ4v) is 1.73. The maximum Gasteiger partial charge on any atom is 0.352 e. The largest absolute Gasteiger partial charge is 0.495 e. The Morgan fingerprint density at radius 2 is 2.31 bits per heavy atom. The van der Waals surface area contributed by atoms with Crippen molar-refractivity contribution >= 4 is 17.0 Å². The van der Waals surface area contributed by atoms with E-state index in [-0.39, 0.29) is 5.69 Å². The lowest BCUT2D eigenvalue weighted by Crippen LogP contribution is -2.07. The molecule has 0 radical (unpaired) electrons. The number of aromatic carboxylic acids is 1. The molecule has 2 heterocycles. The molecule has 0 aliphatic rings. The Balaban J connectivity index is 2.71. The number of pyridine rings is 1.